The minimum Gasteiger partial charge on any atom is -0.354 e. The van der Waals surface area contributed by atoms with E-state index in [1.54, 1.807) is 4.90 Å². The van der Waals surface area contributed by atoms with Crippen molar-refractivity contribution in [3.8, 4) is 0 Å². The SMILES string of the molecule is CCCC(=O)N1CCCC1C(=O)NCCCN. The van der Waals surface area contributed by atoms with Gasteiger partial charge in [0.2, 0.25) is 11.8 Å². The van der Waals surface area contributed by atoms with E-state index in [1.807, 2.05) is 6.92 Å². The number of amides is 2. The first-order valence-electron chi connectivity index (χ1n) is 6.48. The van der Waals surface area contributed by atoms with Crippen molar-refractivity contribution in [3.05, 3.63) is 0 Å². The number of likely N-dealkylation sites (tertiary alicyclic amines) is 1. The predicted octanol–water partition coefficient (Wildman–Crippen LogP) is 0.243. The van der Waals surface area contributed by atoms with Gasteiger partial charge in [-0.2, -0.15) is 0 Å². The van der Waals surface area contributed by atoms with Gasteiger partial charge in [0.25, 0.3) is 0 Å². The molecule has 1 heterocycles. The standard InChI is InChI=1S/C12H23N3O2/c1-2-5-11(16)15-9-3-6-10(15)12(17)14-8-4-7-13/h10H,2-9,13H2,1H3,(H,14,17). The predicted molar refractivity (Wildman–Crippen MR) is 66.3 cm³/mol. The largest absolute Gasteiger partial charge is 0.354 e. The lowest BCUT2D eigenvalue weighted by molar-refractivity contribution is -0.138. The van der Waals surface area contributed by atoms with Gasteiger partial charge in [-0.3, -0.25) is 9.59 Å². The molecular weight excluding hydrogens is 218 g/mol. The third kappa shape index (κ3) is 4.00. The van der Waals surface area contributed by atoms with Crippen LogP contribution in [-0.4, -0.2) is 42.4 Å². The molecule has 1 atom stereocenters. The lowest BCUT2D eigenvalue weighted by Crippen LogP contribution is -2.46. The molecule has 5 heteroatoms. The monoisotopic (exact) mass is 241 g/mol. The van der Waals surface area contributed by atoms with E-state index in [1.165, 1.54) is 0 Å². The van der Waals surface area contributed by atoms with Gasteiger partial charge in [-0.15, -0.1) is 0 Å². The molecule has 1 aliphatic heterocycles. The maximum atomic E-state index is 11.9. The van der Waals surface area contributed by atoms with Crippen molar-refractivity contribution in [1.82, 2.24) is 10.2 Å². The first-order valence-corrected chi connectivity index (χ1v) is 6.48. The van der Waals surface area contributed by atoms with Crippen LogP contribution in [0.2, 0.25) is 0 Å². The zero-order chi connectivity index (χ0) is 12.7. The van der Waals surface area contributed by atoms with Gasteiger partial charge < -0.3 is 16.0 Å². The summed E-state index contributed by atoms with van der Waals surface area (Å²) in [7, 11) is 0. The van der Waals surface area contributed by atoms with Gasteiger partial charge in [-0.1, -0.05) is 6.92 Å². The minimum absolute atomic E-state index is 0.0274. The van der Waals surface area contributed by atoms with Crippen molar-refractivity contribution in [2.24, 2.45) is 5.73 Å². The molecule has 0 radical (unpaired) electrons. The molecule has 1 fully saturated rings. The highest BCUT2D eigenvalue weighted by molar-refractivity contribution is 5.88. The normalized spacial score (nSPS) is 19.4. The summed E-state index contributed by atoms with van der Waals surface area (Å²) >= 11 is 0. The molecule has 5 nitrogen and oxygen atoms in total. The molecule has 1 aliphatic rings. The lowest BCUT2D eigenvalue weighted by atomic mass is 10.2. The highest BCUT2D eigenvalue weighted by Gasteiger charge is 2.33. The second-order valence-corrected chi connectivity index (χ2v) is 4.43. The van der Waals surface area contributed by atoms with Crippen LogP contribution in [0.1, 0.15) is 39.0 Å². The Morgan fingerprint density at radius 1 is 1.47 bits per heavy atom. The maximum Gasteiger partial charge on any atom is 0.242 e. The van der Waals surface area contributed by atoms with Crippen molar-refractivity contribution >= 4 is 11.8 Å². The molecule has 0 bridgehead atoms. The van der Waals surface area contributed by atoms with Crippen LogP contribution < -0.4 is 11.1 Å². The quantitative estimate of drug-likeness (QED) is 0.654. The van der Waals surface area contributed by atoms with E-state index in [4.69, 9.17) is 5.73 Å². The molecular formula is C12H23N3O2. The van der Waals surface area contributed by atoms with E-state index < -0.39 is 0 Å². The fourth-order valence-electron chi connectivity index (χ4n) is 2.13. The number of rotatable bonds is 6. The van der Waals surface area contributed by atoms with Crippen LogP contribution in [-0.2, 0) is 9.59 Å². The van der Waals surface area contributed by atoms with Gasteiger partial charge in [-0.25, -0.2) is 0 Å². The van der Waals surface area contributed by atoms with Crippen LogP contribution in [0.5, 0.6) is 0 Å². The Kier molecular flexibility index (Phi) is 5.97. The van der Waals surface area contributed by atoms with Crippen LogP contribution in [0.3, 0.4) is 0 Å². The molecule has 0 aromatic rings. The number of carbonyl (C=O) groups excluding carboxylic acids is 2. The summed E-state index contributed by atoms with van der Waals surface area (Å²) in [6.07, 6.45) is 3.85. The van der Waals surface area contributed by atoms with E-state index in [-0.39, 0.29) is 17.9 Å². The van der Waals surface area contributed by atoms with Crippen molar-refractivity contribution < 1.29 is 9.59 Å². The Hall–Kier alpha value is -1.10. The number of nitrogens with one attached hydrogen (secondary N) is 1. The Balaban J connectivity index is 2.44. The average Bonchev–Trinajstić information content (AvgIpc) is 2.78. The molecule has 3 N–H and O–H groups in total. The first kappa shape index (κ1) is 14.0. The van der Waals surface area contributed by atoms with E-state index in [9.17, 15) is 9.59 Å². The van der Waals surface area contributed by atoms with E-state index in [0.29, 0.717) is 26.1 Å². The zero-order valence-electron chi connectivity index (χ0n) is 10.6. The average molecular weight is 241 g/mol. The second kappa shape index (κ2) is 7.27. The summed E-state index contributed by atoms with van der Waals surface area (Å²) < 4.78 is 0. The van der Waals surface area contributed by atoms with Crippen molar-refractivity contribution in [3.63, 3.8) is 0 Å². The van der Waals surface area contributed by atoms with E-state index >= 15 is 0 Å². The summed E-state index contributed by atoms with van der Waals surface area (Å²) in [4.78, 5) is 25.4. The fraction of sp³-hybridized carbons (Fsp3) is 0.833. The number of carbonyl (C=O) groups is 2. The smallest absolute Gasteiger partial charge is 0.242 e. The third-order valence-corrected chi connectivity index (χ3v) is 3.02. The Labute approximate surface area is 103 Å². The van der Waals surface area contributed by atoms with Crippen LogP contribution in [0.4, 0.5) is 0 Å². The number of nitrogens with zero attached hydrogens (tertiary/aromatic N) is 1. The van der Waals surface area contributed by atoms with Crippen molar-refractivity contribution in [2.45, 2.75) is 45.1 Å². The molecule has 0 spiro atoms. The minimum atomic E-state index is -0.258. The number of hydrogen-bond acceptors (Lipinski definition) is 3. The zero-order valence-corrected chi connectivity index (χ0v) is 10.6. The third-order valence-electron chi connectivity index (χ3n) is 3.02. The van der Waals surface area contributed by atoms with Gasteiger partial charge in [-0.05, 0) is 32.2 Å². The Morgan fingerprint density at radius 2 is 2.24 bits per heavy atom. The second-order valence-electron chi connectivity index (χ2n) is 4.43. The number of nitrogens with two attached hydrogens (primary N) is 1. The molecule has 1 rings (SSSR count). The first-order chi connectivity index (χ1) is 8.20. The van der Waals surface area contributed by atoms with E-state index in [0.717, 1.165) is 25.7 Å². The molecule has 2 amide bonds. The highest BCUT2D eigenvalue weighted by Crippen LogP contribution is 2.18. The van der Waals surface area contributed by atoms with Crippen LogP contribution in [0.25, 0.3) is 0 Å². The Bertz CT molecular complexity index is 268. The molecule has 0 saturated carbocycles. The summed E-state index contributed by atoms with van der Waals surface area (Å²) in [5.41, 5.74) is 5.37. The van der Waals surface area contributed by atoms with Crippen LogP contribution in [0, 0.1) is 0 Å². The van der Waals surface area contributed by atoms with Crippen LogP contribution in [0.15, 0.2) is 0 Å². The molecule has 0 aliphatic carbocycles. The van der Waals surface area contributed by atoms with Gasteiger partial charge >= 0.3 is 0 Å². The maximum absolute atomic E-state index is 11.9. The topological polar surface area (TPSA) is 75.4 Å². The summed E-state index contributed by atoms with van der Waals surface area (Å²) in [6, 6.07) is -0.258. The fourth-order valence-corrected chi connectivity index (χ4v) is 2.13. The summed E-state index contributed by atoms with van der Waals surface area (Å²) in [5.74, 6) is 0.0735. The van der Waals surface area contributed by atoms with Gasteiger partial charge in [0.05, 0.1) is 0 Å². The number of hydrogen-bond donors (Lipinski definition) is 2. The van der Waals surface area contributed by atoms with Crippen molar-refractivity contribution in [2.75, 3.05) is 19.6 Å². The van der Waals surface area contributed by atoms with Gasteiger partial charge in [0, 0.05) is 19.5 Å². The van der Waals surface area contributed by atoms with Gasteiger partial charge in [0.15, 0.2) is 0 Å². The lowest BCUT2D eigenvalue weighted by Gasteiger charge is -2.23. The Morgan fingerprint density at radius 3 is 2.88 bits per heavy atom. The highest BCUT2D eigenvalue weighted by atomic mass is 16.2. The van der Waals surface area contributed by atoms with E-state index in [2.05, 4.69) is 5.32 Å². The van der Waals surface area contributed by atoms with Crippen LogP contribution >= 0.6 is 0 Å². The molecule has 1 saturated heterocycles. The molecule has 98 valence electrons. The molecule has 17 heavy (non-hydrogen) atoms. The van der Waals surface area contributed by atoms with Crippen molar-refractivity contribution in [1.29, 1.82) is 0 Å². The summed E-state index contributed by atoms with van der Waals surface area (Å²) in [6.45, 7) is 3.86. The van der Waals surface area contributed by atoms with Gasteiger partial charge in [0.1, 0.15) is 6.04 Å². The molecule has 0 aromatic carbocycles. The summed E-state index contributed by atoms with van der Waals surface area (Å²) in [5, 5.41) is 2.84. The molecule has 0 aromatic heterocycles. The molecule has 1 unspecified atom stereocenters.